The first kappa shape index (κ1) is 18.4. The Hall–Kier alpha value is -2.41. The molecule has 0 N–H and O–H groups in total. The van der Waals surface area contributed by atoms with Crippen LogP contribution in [-0.4, -0.2) is 5.78 Å². The summed E-state index contributed by atoms with van der Waals surface area (Å²) >= 11 is 0. The van der Waals surface area contributed by atoms with Crippen LogP contribution in [-0.2, 0) is 0 Å². The van der Waals surface area contributed by atoms with E-state index >= 15 is 0 Å². The Balaban J connectivity index is 1.84. The van der Waals surface area contributed by atoms with E-state index in [2.05, 4.69) is 50.3 Å². The molecule has 1 nitrogen and oxygen atoms in total. The van der Waals surface area contributed by atoms with Gasteiger partial charge in [-0.2, -0.15) is 0 Å². The third kappa shape index (κ3) is 4.60. The van der Waals surface area contributed by atoms with Crippen LogP contribution in [0, 0.1) is 5.92 Å². The van der Waals surface area contributed by atoms with Crippen LogP contribution in [0.3, 0.4) is 0 Å². The number of carbonyl (C=O) groups excluding carboxylic acids is 1. The van der Waals surface area contributed by atoms with Crippen molar-refractivity contribution in [2.45, 2.75) is 45.4 Å². The molecule has 3 rings (SSSR count). The summed E-state index contributed by atoms with van der Waals surface area (Å²) in [6, 6.07) is 20.3. The summed E-state index contributed by atoms with van der Waals surface area (Å²) in [6.07, 6.45) is 8.65. The summed E-state index contributed by atoms with van der Waals surface area (Å²) in [5.41, 5.74) is 4.99. The average molecular weight is 344 g/mol. The Labute approximate surface area is 157 Å². The lowest BCUT2D eigenvalue weighted by Crippen LogP contribution is -2.25. The molecule has 1 heteroatoms. The second-order valence-electron chi connectivity index (χ2n) is 7.48. The minimum atomic E-state index is 0.0343. The van der Waals surface area contributed by atoms with Crippen molar-refractivity contribution < 1.29 is 4.79 Å². The van der Waals surface area contributed by atoms with Crippen molar-refractivity contribution >= 4 is 5.78 Å². The van der Waals surface area contributed by atoms with Crippen LogP contribution < -0.4 is 0 Å². The first-order valence-corrected chi connectivity index (χ1v) is 9.60. The number of carbonyl (C=O) groups is 1. The summed E-state index contributed by atoms with van der Waals surface area (Å²) < 4.78 is 0. The zero-order valence-electron chi connectivity index (χ0n) is 15.8. The Kier molecular flexibility index (Phi) is 6.22. The van der Waals surface area contributed by atoms with Crippen LogP contribution in [0.1, 0.15) is 61.4 Å². The number of rotatable bonds is 6. The quantitative estimate of drug-likeness (QED) is 0.419. The Bertz CT molecular complexity index is 779. The highest BCUT2D eigenvalue weighted by Crippen LogP contribution is 2.40. The van der Waals surface area contributed by atoms with E-state index in [4.69, 9.17) is 0 Å². The number of hydrogen-bond acceptors (Lipinski definition) is 1. The van der Waals surface area contributed by atoms with Crippen molar-refractivity contribution in [3.63, 3.8) is 0 Å². The normalized spacial score (nSPS) is 19.5. The lowest BCUT2D eigenvalue weighted by molar-refractivity contribution is 0.0895. The van der Waals surface area contributed by atoms with Gasteiger partial charge in [-0.05, 0) is 51.0 Å². The number of benzene rings is 2. The molecule has 0 bridgehead atoms. The molecular formula is C25H28O. The lowest BCUT2D eigenvalue weighted by Gasteiger charge is -2.31. The summed E-state index contributed by atoms with van der Waals surface area (Å²) in [6.45, 7) is 4.30. The van der Waals surface area contributed by atoms with Gasteiger partial charge in [-0.25, -0.2) is 0 Å². The van der Waals surface area contributed by atoms with Crippen molar-refractivity contribution in [2.75, 3.05) is 0 Å². The molecule has 0 amide bonds. The van der Waals surface area contributed by atoms with Crippen molar-refractivity contribution in [3.05, 3.63) is 95.1 Å². The molecule has 1 aliphatic rings. The highest BCUT2D eigenvalue weighted by molar-refractivity contribution is 5.98. The van der Waals surface area contributed by atoms with Gasteiger partial charge < -0.3 is 0 Å². The highest BCUT2D eigenvalue weighted by Gasteiger charge is 2.32. The smallest absolute Gasteiger partial charge is 0.166 e. The Morgan fingerprint density at radius 1 is 1.00 bits per heavy atom. The van der Waals surface area contributed by atoms with Crippen LogP contribution in [0.5, 0.6) is 0 Å². The van der Waals surface area contributed by atoms with E-state index in [1.165, 1.54) is 16.7 Å². The molecule has 0 radical (unpaired) electrons. The van der Waals surface area contributed by atoms with Gasteiger partial charge in [0.05, 0.1) is 0 Å². The summed E-state index contributed by atoms with van der Waals surface area (Å²) in [5, 5.41) is 0. The molecule has 2 aromatic rings. The molecular weight excluding hydrogens is 316 g/mol. The average Bonchev–Trinajstić information content (AvgIpc) is 2.68. The number of hydrogen-bond donors (Lipinski definition) is 0. The molecule has 0 aromatic heterocycles. The molecule has 1 aliphatic carbocycles. The van der Waals surface area contributed by atoms with Crippen LogP contribution in [0.25, 0.3) is 0 Å². The fraction of sp³-hybridized carbons (Fsp3) is 0.320. The molecule has 0 saturated carbocycles. The molecule has 2 aromatic carbocycles. The number of Topliss-reactive ketones (excluding diaryl/α,β-unsaturated/α-hetero) is 1. The van der Waals surface area contributed by atoms with Gasteiger partial charge in [0.1, 0.15) is 0 Å². The Morgan fingerprint density at radius 3 is 2.31 bits per heavy atom. The van der Waals surface area contributed by atoms with Crippen molar-refractivity contribution in [1.29, 1.82) is 0 Å². The SMILES string of the molecule is CC(C)=CCCC1=CC[C@@H](C(=O)c2ccccc2)[C@H](c2ccccc2)C1. The molecule has 0 fully saturated rings. The van der Waals surface area contributed by atoms with E-state index in [9.17, 15) is 4.79 Å². The van der Waals surface area contributed by atoms with Crippen LogP contribution in [0.15, 0.2) is 84.0 Å². The third-order valence-electron chi connectivity index (χ3n) is 5.27. The first-order valence-electron chi connectivity index (χ1n) is 9.60. The maximum Gasteiger partial charge on any atom is 0.166 e. The first-order chi connectivity index (χ1) is 12.6. The van der Waals surface area contributed by atoms with Crippen LogP contribution >= 0.6 is 0 Å². The van der Waals surface area contributed by atoms with E-state index in [1.54, 1.807) is 0 Å². The Morgan fingerprint density at radius 2 is 1.65 bits per heavy atom. The van der Waals surface area contributed by atoms with Gasteiger partial charge in [0, 0.05) is 11.5 Å². The molecule has 0 heterocycles. The van der Waals surface area contributed by atoms with E-state index < -0.39 is 0 Å². The maximum atomic E-state index is 13.2. The second kappa shape index (κ2) is 8.80. The minimum Gasteiger partial charge on any atom is -0.294 e. The monoisotopic (exact) mass is 344 g/mol. The van der Waals surface area contributed by atoms with Gasteiger partial charge in [-0.3, -0.25) is 4.79 Å². The van der Waals surface area contributed by atoms with Crippen LogP contribution in [0.4, 0.5) is 0 Å². The predicted octanol–water partition coefficient (Wildman–Crippen LogP) is 6.74. The van der Waals surface area contributed by atoms with Crippen molar-refractivity contribution in [3.8, 4) is 0 Å². The van der Waals surface area contributed by atoms with Crippen molar-refractivity contribution in [2.24, 2.45) is 5.92 Å². The van der Waals surface area contributed by atoms with Gasteiger partial charge in [0.25, 0.3) is 0 Å². The van der Waals surface area contributed by atoms with E-state index in [0.29, 0.717) is 0 Å². The topological polar surface area (TPSA) is 17.1 Å². The second-order valence-corrected chi connectivity index (χ2v) is 7.48. The van der Waals surface area contributed by atoms with Gasteiger partial charge in [0.15, 0.2) is 5.78 Å². The summed E-state index contributed by atoms with van der Waals surface area (Å²) in [4.78, 5) is 13.2. The minimum absolute atomic E-state index is 0.0343. The van der Waals surface area contributed by atoms with E-state index in [-0.39, 0.29) is 17.6 Å². The zero-order valence-corrected chi connectivity index (χ0v) is 15.8. The van der Waals surface area contributed by atoms with E-state index in [0.717, 1.165) is 31.2 Å². The summed E-state index contributed by atoms with van der Waals surface area (Å²) in [5.74, 6) is 0.585. The van der Waals surface area contributed by atoms with Gasteiger partial charge >= 0.3 is 0 Å². The van der Waals surface area contributed by atoms with Crippen LogP contribution in [0.2, 0.25) is 0 Å². The largest absolute Gasteiger partial charge is 0.294 e. The zero-order chi connectivity index (χ0) is 18.4. The van der Waals surface area contributed by atoms with Gasteiger partial charge in [-0.15, -0.1) is 0 Å². The summed E-state index contributed by atoms with van der Waals surface area (Å²) in [7, 11) is 0. The molecule has 0 aliphatic heterocycles. The molecule has 134 valence electrons. The van der Waals surface area contributed by atoms with Gasteiger partial charge in [0.2, 0.25) is 0 Å². The van der Waals surface area contributed by atoms with Gasteiger partial charge in [-0.1, -0.05) is 84.0 Å². The predicted molar refractivity (Wildman–Crippen MR) is 109 cm³/mol. The standard InChI is InChI=1S/C25H28O/c1-19(2)10-9-11-20-16-17-23(25(26)22-14-7-4-8-15-22)24(18-20)21-12-5-3-6-13-21/h3-8,10,12-16,23-24H,9,11,17-18H2,1-2H3/t23-,24+/m1/s1. The number of ketones is 1. The molecule has 0 unspecified atom stereocenters. The fourth-order valence-electron chi connectivity index (χ4n) is 3.87. The highest BCUT2D eigenvalue weighted by atomic mass is 16.1. The fourth-order valence-corrected chi connectivity index (χ4v) is 3.87. The molecule has 2 atom stereocenters. The maximum absolute atomic E-state index is 13.2. The van der Waals surface area contributed by atoms with Crippen molar-refractivity contribution in [1.82, 2.24) is 0 Å². The molecule has 0 saturated heterocycles. The molecule has 26 heavy (non-hydrogen) atoms. The number of allylic oxidation sites excluding steroid dienone is 4. The lowest BCUT2D eigenvalue weighted by atomic mass is 9.72. The third-order valence-corrected chi connectivity index (χ3v) is 5.27. The molecule has 0 spiro atoms. The van der Waals surface area contributed by atoms with E-state index in [1.807, 2.05) is 36.4 Å².